The van der Waals surface area contributed by atoms with E-state index < -0.39 is 11.7 Å². The predicted octanol–water partition coefficient (Wildman–Crippen LogP) is 3.77. The molecule has 1 unspecified atom stereocenters. The van der Waals surface area contributed by atoms with Gasteiger partial charge in [-0.15, -0.1) is 0 Å². The number of rotatable bonds is 3. The Morgan fingerprint density at radius 3 is 2.74 bits per heavy atom. The first-order chi connectivity index (χ1) is 8.95. The number of alkyl halides is 3. The molecule has 1 aliphatic heterocycles. The monoisotopic (exact) mass is 292 g/mol. The predicted molar refractivity (Wildman–Crippen MR) is 70.5 cm³/mol. The molecule has 1 heterocycles. The maximum Gasteiger partial charge on any atom is 0.416 e. The largest absolute Gasteiger partial charge is 0.416 e. The Bertz CT molecular complexity index is 428. The van der Waals surface area contributed by atoms with Gasteiger partial charge in [0.2, 0.25) is 0 Å². The van der Waals surface area contributed by atoms with E-state index in [-0.39, 0.29) is 5.02 Å². The maximum absolute atomic E-state index is 12.6. The summed E-state index contributed by atoms with van der Waals surface area (Å²) in [6.07, 6.45) is -2.17. The highest BCUT2D eigenvalue weighted by molar-refractivity contribution is 6.30. The Balaban J connectivity index is 2.01. The fourth-order valence-electron chi connectivity index (χ4n) is 2.22. The van der Waals surface area contributed by atoms with Gasteiger partial charge in [0.15, 0.2) is 0 Å². The molecule has 1 aromatic carbocycles. The molecule has 6 heteroatoms. The van der Waals surface area contributed by atoms with E-state index in [0.29, 0.717) is 18.2 Å². The van der Waals surface area contributed by atoms with E-state index in [1.807, 2.05) is 0 Å². The van der Waals surface area contributed by atoms with Crippen LogP contribution in [0.25, 0.3) is 0 Å². The van der Waals surface area contributed by atoms with E-state index in [2.05, 4.69) is 10.6 Å². The average molecular weight is 293 g/mol. The highest BCUT2D eigenvalue weighted by Crippen LogP contribution is 2.33. The fourth-order valence-corrected chi connectivity index (χ4v) is 2.45. The number of halogens is 4. The van der Waals surface area contributed by atoms with Crippen LogP contribution in [0, 0.1) is 5.92 Å². The van der Waals surface area contributed by atoms with Crippen molar-refractivity contribution in [3.05, 3.63) is 28.8 Å². The van der Waals surface area contributed by atoms with Crippen LogP contribution in [0.5, 0.6) is 0 Å². The van der Waals surface area contributed by atoms with Gasteiger partial charge in [0.25, 0.3) is 0 Å². The van der Waals surface area contributed by atoms with Gasteiger partial charge in [-0.05, 0) is 50.0 Å². The summed E-state index contributed by atoms with van der Waals surface area (Å²) in [6.45, 7) is 2.58. The van der Waals surface area contributed by atoms with Gasteiger partial charge >= 0.3 is 6.18 Å². The zero-order chi connectivity index (χ0) is 13.9. The van der Waals surface area contributed by atoms with E-state index in [1.165, 1.54) is 6.07 Å². The highest BCUT2D eigenvalue weighted by atomic mass is 35.5. The van der Waals surface area contributed by atoms with E-state index in [9.17, 15) is 13.2 Å². The number of piperidine rings is 1. The number of benzene rings is 1. The molecule has 19 heavy (non-hydrogen) atoms. The smallest absolute Gasteiger partial charge is 0.385 e. The molecule has 0 aliphatic carbocycles. The molecule has 106 valence electrons. The summed E-state index contributed by atoms with van der Waals surface area (Å²) in [5, 5.41) is 6.41. The average Bonchev–Trinajstić information content (AvgIpc) is 2.36. The van der Waals surface area contributed by atoms with Crippen molar-refractivity contribution in [3.63, 3.8) is 0 Å². The van der Waals surface area contributed by atoms with Crippen molar-refractivity contribution in [2.24, 2.45) is 5.92 Å². The van der Waals surface area contributed by atoms with Gasteiger partial charge in [-0.2, -0.15) is 13.2 Å². The fraction of sp³-hybridized carbons (Fsp3) is 0.538. The Kier molecular flexibility index (Phi) is 4.58. The molecule has 2 nitrogen and oxygen atoms in total. The van der Waals surface area contributed by atoms with Crippen LogP contribution in [0.15, 0.2) is 18.2 Å². The van der Waals surface area contributed by atoms with Gasteiger partial charge in [0, 0.05) is 17.3 Å². The maximum atomic E-state index is 12.6. The molecule has 0 radical (unpaired) electrons. The molecule has 1 fully saturated rings. The van der Waals surface area contributed by atoms with Gasteiger partial charge < -0.3 is 10.6 Å². The van der Waals surface area contributed by atoms with Crippen molar-refractivity contribution in [2.45, 2.75) is 19.0 Å². The third kappa shape index (κ3) is 4.28. The molecule has 0 spiro atoms. The van der Waals surface area contributed by atoms with Gasteiger partial charge in [0.05, 0.1) is 5.56 Å². The van der Waals surface area contributed by atoms with E-state index >= 15 is 0 Å². The standard InChI is InChI=1S/C13H16ClF3N2/c14-11-4-10(13(15,16)17)5-12(6-11)19-8-9-2-1-3-18-7-9/h4-6,9,18-19H,1-3,7-8H2. The first-order valence-corrected chi connectivity index (χ1v) is 6.65. The van der Waals surface area contributed by atoms with Crippen molar-refractivity contribution in [3.8, 4) is 0 Å². The second-order valence-electron chi connectivity index (χ2n) is 4.82. The molecular formula is C13H16ClF3N2. The molecule has 1 atom stereocenters. The molecule has 0 saturated carbocycles. The lowest BCUT2D eigenvalue weighted by molar-refractivity contribution is -0.137. The van der Waals surface area contributed by atoms with E-state index in [0.717, 1.165) is 38.1 Å². The second kappa shape index (κ2) is 6.01. The van der Waals surface area contributed by atoms with Crippen LogP contribution < -0.4 is 10.6 Å². The quantitative estimate of drug-likeness (QED) is 0.886. The van der Waals surface area contributed by atoms with E-state index in [1.54, 1.807) is 0 Å². The van der Waals surface area contributed by atoms with Crippen molar-refractivity contribution in [1.29, 1.82) is 0 Å². The Morgan fingerprint density at radius 1 is 1.32 bits per heavy atom. The van der Waals surface area contributed by atoms with Gasteiger partial charge in [-0.25, -0.2) is 0 Å². The summed E-state index contributed by atoms with van der Waals surface area (Å²) in [6, 6.07) is 3.56. The molecule has 1 saturated heterocycles. The first kappa shape index (κ1) is 14.5. The van der Waals surface area contributed by atoms with Crippen molar-refractivity contribution in [1.82, 2.24) is 5.32 Å². The normalized spacial score (nSPS) is 20.3. The second-order valence-corrected chi connectivity index (χ2v) is 5.26. The molecule has 1 aliphatic rings. The topological polar surface area (TPSA) is 24.1 Å². The molecule has 0 aromatic heterocycles. The van der Waals surface area contributed by atoms with Crippen LogP contribution in [0.1, 0.15) is 18.4 Å². The molecule has 0 amide bonds. The minimum absolute atomic E-state index is 0.0964. The molecule has 2 rings (SSSR count). The third-order valence-corrected chi connectivity index (χ3v) is 3.44. The van der Waals surface area contributed by atoms with E-state index in [4.69, 9.17) is 11.6 Å². The van der Waals surface area contributed by atoms with Crippen LogP contribution in [0.4, 0.5) is 18.9 Å². The number of hydrogen-bond acceptors (Lipinski definition) is 2. The summed E-state index contributed by atoms with van der Waals surface area (Å²) >= 11 is 5.73. The van der Waals surface area contributed by atoms with Crippen LogP contribution >= 0.6 is 11.6 Å². The van der Waals surface area contributed by atoms with Gasteiger partial charge in [-0.1, -0.05) is 11.6 Å². The Labute approximate surface area is 115 Å². The van der Waals surface area contributed by atoms with Crippen LogP contribution in [-0.2, 0) is 6.18 Å². The molecule has 2 N–H and O–H groups in total. The summed E-state index contributed by atoms with van der Waals surface area (Å²) < 4.78 is 37.9. The van der Waals surface area contributed by atoms with Crippen LogP contribution in [-0.4, -0.2) is 19.6 Å². The molecular weight excluding hydrogens is 277 g/mol. The van der Waals surface area contributed by atoms with Crippen molar-refractivity contribution in [2.75, 3.05) is 25.0 Å². The SMILES string of the molecule is FC(F)(F)c1cc(Cl)cc(NCC2CCCNC2)c1. The Hall–Kier alpha value is -0.940. The minimum atomic E-state index is -4.37. The summed E-state index contributed by atoms with van der Waals surface area (Å²) in [4.78, 5) is 0. The van der Waals surface area contributed by atoms with Crippen LogP contribution in [0.3, 0.4) is 0 Å². The van der Waals surface area contributed by atoms with Crippen molar-refractivity contribution < 1.29 is 13.2 Å². The third-order valence-electron chi connectivity index (χ3n) is 3.22. The van der Waals surface area contributed by atoms with Crippen LogP contribution in [0.2, 0.25) is 5.02 Å². The number of hydrogen-bond donors (Lipinski definition) is 2. The molecule has 1 aromatic rings. The summed E-state index contributed by atoms with van der Waals surface area (Å²) in [5.74, 6) is 0.446. The van der Waals surface area contributed by atoms with Gasteiger partial charge in [0.1, 0.15) is 0 Å². The van der Waals surface area contributed by atoms with Crippen molar-refractivity contribution >= 4 is 17.3 Å². The lowest BCUT2D eigenvalue weighted by atomic mass is 9.99. The summed E-state index contributed by atoms with van der Waals surface area (Å²) in [7, 11) is 0. The van der Waals surface area contributed by atoms with Gasteiger partial charge in [-0.3, -0.25) is 0 Å². The zero-order valence-corrected chi connectivity index (χ0v) is 11.1. The highest BCUT2D eigenvalue weighted by Gasteiger charge is 2.31. The molecule has 0 bridgehead atoms. The lowest BCUT2D eigenvalue weighted by Crippen LogP contribution is -2.33. The number of nitrogens with one attached hydrogen (secondary N) is 2. The summed E-state index contributed by atoms with van der Waals surface area (Å²) in [5.41, 5.74) is -0.297. The zero-order valence-electron chi connectivity index (χ0n) is 10.4. The Morgan fingerprint density at radius 2 is 2.11 bits per heavy atom. The number of anilines is 1. The lowest BCUT2D eigenvalue weighted by Gasteiger charge is -2.23. The first-order valence-electron chi connectivity index (χ1n) is 6.27. The minimum Gasteiger partial charge on any atom is -0.385 e.